The van der Waals surface area contributed by atoms with Gasteiger partial charge in [-0.25, -0.2) is 0 Å². The van der Waals surface area contributed by atoms with Crippen molar-refractivity contribution in [2.24, 2.45) is 11.8 Å². The van der Waals surface area contributed by atoms with Gasteiger partial charge in [0.2, 0.25) is 11.8 Å². The molecule has 1 aliphatic carbocycles. The number of nitrogens with zero attached hydrogens (tertiary/aromatic N) is 3. The minimum Gasteiger partial charge on any atom is -0.411 e. The number of piperidine rings is 1. The van der Waals surface area contributed by atoms with Crippen LogP contribution in [0.1, 0.15) is 37.7 Å². The fraction of sp³-hybridized carbons (Fsp3) is 0.550. The Morgan fingerprint density at radius 3 is 2.73 bits per heavy atom. The second-order valence-electron chi connectivity index (χ2n) is 7.46. The number of carbonyl (C=O) groups is 1. The number of carbonyl (C=O) groups excluding carboxylic acids is 1. The third-order valence-corrected chi connectivity index (χ3v) is 6.47. The van der Waals surface area contributed by atoms with Gasteiger partial charge in [-0.05, 0) is 43.7 Å². The summed E-state index contributed by atoms with van der Waals surface area (Å²) in [4.78, 5) is 14.6. The average molecular weight is 372 g/mol. The summed E-state index contributed by atoms with van der Waals surface area (Å²) in [6, 6.07) is 7.98. The lowest BCUT2D eigenvalue weighted by Gasteiger charge is -2.41. The van der Waals surface area contributed by atoms with Crippen LogP contribution in [0.25, 0.3) is 11.5 Å². The Hall–Kier alpha value is -1.82. The van der Waals surface area contributed by atoms with E-state index in [-0.39, 0.29) is 5.91 Å². The molecular formula is C20H25N3O2S. The molecule has 26 heavy (non-hydrogen) atoms. The molecule has 5 nitrogen and oxygen atoms in total. The highest BCUT2D eigenvalue weighted by Crippen LogP contribution is 2.36. The predicted octanol–water partition coefficient (Wildman–Crippen LogP) is 4.18. The molecule has 2 heterocycles. The zero-order valence-electron chi connectivity index (χ0n) is 15.2. The van der Waals surface area contributed by atoms with Crippen LogP contribution in [-0.2, 0) is 4.79 Å². The van der Waals surface area contributed by atoms with Gasteiger partial charge in [-0.15, -0.1) is 10.2 Å². The van der Waals surface area contributed by atoms with Gasteiger partial charge in [0.15, 0.2) is 0 Å². The van der Waals surface area contributed by atoms with E-state index in [2.05, 4.69) is 10.2 Å². The largest absolute Gasteiger partial charge is 0.411 e. The minimum absolute atomic E-state index is 0.189. The molecule has 4 rings (SSSR count). The Bertz CT molecular complexity index is 759. The molecule has 138 valence electrons. The maximum atomic E-state index is 12.6. The Morgan fingerprint density at radius 2 is 1.92 bits per heavy atom. The number of amides is 1. The van der Waals surface area contributed by atoms with Gasteiger partial charge in [-0.3, -0.25) is 4.79 Å². The Balaban J connectivity index is 1.31. The van der Waals surface area contributed by atoms with Crippen molar-refractivity contribution < 1.29 is 9.21 Å². The molecule has 1 aromatic heterocycles. The molecule has 6 heteroatoms. The van der Waals surface area contributed by atoms with Crippen molar-refractivity contribution in [3.63, 3.8) is 0 Å². The summed E-state index contributed by atoms with van der Waals surface area (Å²) >= 11 is 1.34. The molecule has 2 fully saturated rings. The van der Waals surface area contributed by atoms with E-state index in [4.69, 9.17) is 4.42 Å². The highest BCUT2D eigenvalue weighted by Gasteiger charge is 2.32. The molecule has 0 unspecified atom stereocenters. The predicted molar refractivity (Wildman–Crippen MR) is 102 cm³/mol. The van der Waals surface area contributed by atoms with E-state index in [1.165, 1.54) is 49.4 Å². The Kier molecular flexibility index (Phi) is 5.29. The van der Waals surface area contributed by atoms with Crippen LogP contribution in [0.3, 0.4) is 0 Å². The summed E-state index contributed by atoms with van der Waals surface area (Å²) in [6.07, 6.45) is 6.49. The first-order valence-corrected chi connectivity index (χ1v) is 10.5. The maximum absolute atomic E-state index is 12.6. The van der Waals surface area contributed by atoms with Gasteiger partial charge in [0, 0.05) is 18.7 Å². The van der Waals surface area contributed by atoms with Gasteiger partial charge < -0.3 is 9.32 Å². The Morgan fingerprint density at radius 1 is 1.15 bits per heavy atom. The molecule has 0 radical (unpaired) electrons. The van der Waals surface area contributed by atoms with E-state index in [9.17, 15) is 4.79 Å². The summed E-state index contributed by atoms with van der Waals surface area (Å²) in [7, 11) is 0. The topological polar surface area (TPSA) is 59.2 Å². The molecule has 2 aromatic rings. The van der Waals surface area contributed by atoms with Crippen LogP contribution in [-0.4, -0.2) is 39.8 Å². The van der Waals surface area contributed by atoms with Crippen LogP contribution in [0, 0.1) is 18.8 Å². The molecule has 0 bridgehead atoms. The number of fused-ring (bicyclic) bond motifs is 1. The lowest BCUT2D eigenvalue weighted by Crippen LogP contribution is -2.45. The summed E-state index contributed by atoms with van der Waals surface area (Å²) < 4.78 is 5.70. The van der Waals surface area contributed by atoms with Crippen molar-refractivity contribution in [3.8, 4) is 11.5 Å². The molecule has 0 spiro atoms. The number of aryl methyl sites for hydroxylation is 1. The third-order valence-electron chi connectivity index (χ3n) is 5.67. The molecule has 1 amide bonds. The molecule has 2 atom stereocenters. The average Bonchev–Trinajstić information content (AvgIpc) is 3.15. The maximum Gasteiger partial charge on any atom is 0.277 e. The molecular weight excluding hydrogens is 346 g/mol. The van der Waals surface area contributed by atoms with Gasteiger partial charge in [0.25, 0.3) is 5.22 Å². The monoisotopic (exact) mass is 371 g/mol. The zero-order chi connectivity index (χ0) is 17.9. The second-order valence-corrected chi connectivity index (χ2v) is 8.39. The first kappa shape index (κ1) is 17.6. The van der Waals surface area contributed by atoms with E-state index in [1.54, 1.807) is 0 Å². The van der Waals surface area contributed by atoms with Crippen molar-refractivity contribution in [1.29, 1.82) is 0 Å². The van der Waals surface area contributed by atoms with Crippen molar-refractivity contribution in [1.82, 2.24) is 15.1 Å². The van der Waals surface area contributed by atoms with E-state index in [0.29, 0.717) is 22.8 Å². The minimum atomic E-state index is 0.189. The summed E-state index contributed by atoms with van der Waals surface area (Å²) in [5.74, 6) is 2.61. The number of rotatable bonds is 4. The lowest BCUT2D eigenvalue weighted by molar-refractivity contribution is -0.131. The van der Waals surface area contributed by atoms with Crippen molar-refractivity contribution >= 4 is 17.7 Å². The van der Waals surface area contributed by atoms with Crippen molar-refractivity contribution in [2.45, 2.75) is 44.3 Å². The number of likely N-dealkylation sites (tertiary alicyclic amines) is 1. The number of hydrogen-bond acceptors (Lipinski definition) is 5. The SMILES string of the molecule is Cc1ccc(-c2nnc(SCC(=O)N3CC[C@H]4CCCC[C@@H]4C3)o2)cc1. The first-order valence-electron chi connectivity index (χ1n) is 9.50. The molecule has 1 aliphatic heterocycles. The number of thioether (sulfide) groups is 1. The third kappa shape index (κ3) is 3.95. The zero-order valence-corrected chi connectivity index (χ0v) is 16.0. The van der Waals surface area contributed by atoms with E-state index >= 15 is 0 Å². The second kappa shape index (κ2) is 7.82. The highest BCUT2D eigenvalue weighted by molar-refractivity contribution is 7.99. The molecule has 1 saturated heterocycles. The number of aromatic nitrogens is 2. The smallest absolute Gasteiger partial charge is 0.277 e. The molecule has 1 saturated carbocycles. The highest BCUT2D eigenvalue weighted by atomic mass is 32.2. The van der Waals surface area contributed by atoms with Gasteiger partial charge in [-0.1, -0.05) is 48.7 Å². The van der Waals surface area contributed by atoms with Gasteiger partial charge in [0.1, 0.15) is 0 Å². The van der Waals surface area contributed by atoms with Crippen molar-refractivity contribution in [3.05, 3.63) is 29.8 Å². The molecule has 0 N–H and O–H groups in total. The lowest BCUT2D eigenvalue weighted by atomic mass is 9.75. The normalized spacial score (nSPS) is 22.9. The molecule has 1 aromatic carbocycles. The van der Waals surface area contributed by atoms with Gasteiger partial charge in [-0.2, -0.15) is 0 Å². The van der Waals surface area contributed by atoms with E-state index in [1.807, 2.05) is 36.1 Å². The van der Waals surface area contributed by atoms with Crippen LogP contribution < -0.4 is 0 Å². The van der Waals surface area contributed by atoms with Crippen molar-refractivity contribution in [2.75, 3.05) is 18.8 Å². The summed E-state index contributed by atoms with van der Waals surface area (Å²) in [6.45, 7) is 3.88. The van der Waals surface area contributed by atoms with Crippen LogP contribution in [0.5, 0.6) is 0 Å². The summed E-state index contributed by atoms with van der Waals surface area (Å²) in [5, 5.41) is 8.63. The van der Waals surface area contributed by atoms with Gasteiger partial charge in [0.05, 0.1) is 5.75 Å². The van der Waals surface area contributed by atoms with Crippen LogP contribution in [0.2, 0.25) is 0 Å². The number of benzene rings is 1. The fourth-order valence-electron chi connectivity index (χ4n) is 4.12. The summed E-state index contributed by atoms with van der Waals surface area (Å²) in [5.41, 5.74) is 2.09. The van der Waals surface area contributed by atoms with Crippen LogP contribution >= 0.6 is 11.8 Å². The van der Waals surface area contributed by atoms with Crippen LogP contribution in [0.15, 0.2) is 33.9 Å². The fourth-order valence-corrected chi connectivity index (χ4v) is 4.79. The van der Waals surface area contributed by atoms with E-state index < -0.39 is 0 Å². The van der Waals surface area contributed by atoms with E-state index in [0.717, 1.165) is 24.6 Å². The van der Waals surface area contributed by atoms with Gasteiger partial charge >= 0.3 is 0 Å². The number of hydrogen-bond donors (Lipinski definition) is 0. The quantitative estimate of drug-likeness (QED) is 0.755. The van der Waals surface area contributed by atoms with Crippen LogP contribution in [0.4, 0.5) is 0 Å². The first-order chi connectivity index (χ1) is 12.7. The molecule has 2 aliphatic rings. The Labute approximate surface area is 158 Å². The standard InChI is InChI=1S/C20H25N3O2S/c1-14-6-8-16(9-7-14)19-21-22-20(25-19)26-13-18(24)23-11-10-15-4-2-3-5-17(15)12-23/h6-9,15,17H,2-5,10-13H2,1H3/t15-,17-/m1/s1.